The van der Waals surface area contributed by atoms with Crippen LogP contribution in [0.3, 0.4) is 0 Å². The van der Waals surface area contributed by atoms with Gasteiger partial charge in [0.2, 0.25) is 0 Å². The number of aromatic nitrogens is 2. The number of rotatable bonds is 6. The lowest BCUT2D eigenvalue weighted by molar-refractivity contribution is 0.0358. The molecule has 30 heavy (non-hydrogen) atoms. The third-order valence-corrected chi connectivity index (χ3v) is 5.36. The predicted octanol–water partition coefficient (Wildman–Crippen LogP) is 3.21. The lowest BCUT2D eigenvalue weighted by Crippen LogP contribution is -2.37. The Morgan fingerprint density at radius 1 is 1.10 bits per heavy atom. The Bertz CT molecular complexity index is 1220. The summed E-state index contributed by atoms with van der Waals surface area (Å²) < 4.78 is 19.1. The monoisotopic (exact) mass is 405 g/mol. The molecule has 1 aromatic carbocycles. The molecule has 5 rings (SSSR count). The Balaban J connectivity index is 1.30. The van der Waals surface area contributed by atoms with Crippen LogP contribution in [0.1, 0.15) is 6.42 Å². The summed E-state index contributed by atoms with van der Waals surface area (Å²) in [6, 6.07) is 12.7. The van der Waals surface area contributed by atoms with E-state index in [-0.39, 0.29) is 5.43 Å². The molecule has 1 fully saturated rings. The second-order valence-corrected chi connectivity index (χ2v) is 7.40. The molecule has 0 spiro atoms. The van der Waals surface area contributed by atoms with Gasteiger partial charge in [-0.25, -0.2) is 4.98 Å². The zero-order chi connectivity index (χ0) is 20.3. The summed E-state index contributed by atoms with van der Waals surface area (Å²) in [7, 11) is 0. The predicted molar refractivity (Wildman–Crippen MR) is 114 cm³/mol. The normalized spacial score (nSPS) is 15.1. The molecular weight excluding hydrogens is 382 g/mol. The fraction of sp³-hybridized carbons (Fsp3) is 0.304. The summed E-state index contributed by atoms with van der Waals surface area (Å²) in [5.41, 5.74) is 2.03. The van der Waals surface area contributed by atoms with Crippen LogP contribution in [0.5, 0.6) is 5.75 Å². The van der Waals surface area contributed by atoms with Crippen LogP contribution < -0.4 is 10.2 Å². The molecule has 1 aliphatic heterocycles. The minimum atomic E-state index is -0.109. The van der Waals surface area contributed by atoms with Crippen LogP contribution in [0.25, 0.3) is 27.9 Å². The standard InChI is InChI=1S/C23H23N3O4/c27-21-15-23(20-13-17-3-1-7-26(17)16-24-20)30-22-5-4-18(14-19(21)22)29-10-2-6-25-8-11-28-12-9-25/h1,3-5,7,13-16H,2,6,8-12H2. The van der Waals surface area contributed by atoms with Gasteiger partial charge in [0.05, 0.1) is 31.5 Å². The zero-order valence-corrected chi connectivity index (χ0v) is 16.6. The molecule has 3 aromatic heterocycles. The summed E-state index contributed by atoms with van der Waals surface area (Å²) in [5.74, 6) is 1.13. The largest absolute Gasteiger partial charge is 0.494 e. The van der Waals surface area contributed by atoms with E-state index >= 15 is 0 Å². The smallest absolute Gasteiger partial charge is 0.193 e. The van der Waals surface area contributed by atoms with Crippen molar-refractivity contribution >= 4 is 16.5 Å². The van der Waals surface area contributed by atoms with Crippen LogP contribution in [0.15, 0.2) is 64.2 Å². The molecule has 0 N–H and O–H groups in total. The lowest BCUT2D eigenvalue weighted by Gasteiger charge is -2.26. The molecule has 0 unspecified atom stereocenters. The first-order valence-electron chi connectivity index (χ1n) is 10.2. The minimum absolute atomic E-state index is 0.109. The van der Waals surface area contributed by atoms with Gasteiger partial charge in [-0.3, -0.25) is 9.69 Å². The molecule has 0 aliphatic carbocycles. The number of morpholine rings is 1. The fourth-order valence-electron chi connectivity index (χ4n) is 3.73. The van der Waals surface area contributed by atoms with Gasteiger partial charge in [-0.15, -0.1) is 0 Å². The molecule has 4 aromatic rings. The van der Waals surface area contributed by atoms with E-state index in [1.54, 1.807) is 18.5 Å². The number of benzene rings is 1. The van der Waals surface area contributed by atoms with Gasteiger partial charge >= 0.3 is 0 Å². The summed E-state index contributed by atoms with van der Waals surface area (Å²) in [5, 5.41) is 0.508. The van der Waals surface area contributed by atoms with Crippen LogP contribution >= 0.6 is 0 Å². The number of nitrogens with zero attached hydrogens (tertiary/aromatic N) is 3. The SMILES string of the molecule is O=c1cc(-c2cc3cccn3cn2)oc2ccc(OCCCN3CCOCC3)cc12. The Morgan fingerprint density at radius 3 is 2.90 bits per heavy atom. The number of hydrogen-bond acceptors (Lipinski definition) is 6. The molecule has 0 bridgehead atoms. The highest BCUT2D eigenvalue weighted by molar-refractivity contribution is 5.80. The van der Waals surface area contributed by atoms with Crippen molar-refractivity contribution < 1.29 is 13.9 Å². The van der Waals surface area contributed by atoms with Crippen LogP contribution in [-0.4, -0.2) is 53.7 Å². The molecule has 154 valence electrons. The molecule has 0 atom stereocenters. The summed E-state index contributed by atoms with van der Waals surface area (Å²) >= 11 is 0. The quantitative estimate of drug-likeness (QED) is 0.459. The highest BCUT2D eigenvalue weighted by Gasteiger charge is 2.11. The van der Waals surface area contributed by atoms with Crippen molar-refractivity contribution in [3.05, 3.63) is 65.2 Å². The van der Waals surface area contributed by atoms with Gasteiger partial charge < -0.3 is 18.3 Å². The van der Waals surface area contributed by atoms with Crippen molar-refractivity contribution in [2.24, 2.45) is 0 Å². The van der Waals surface area contributed by atoms with E-state index in [1.807, 2.05) is 34.9 Å². The maximum Gasteiger partial charge on any atom is 0.193 e. The Morgan fingerprint density at radius 2 is 2.00 bits per heavy atom. The van der Waals surface area contributed by atoms with Crippen molar-refractivity contribution in [1.82, 2.24) is 14.3 Å². The average Bonchev–Trinajstić information content (AvgIpc) is 3.25. The summed E-state index contributed by atoms with van der Waals surface area (Å²) in [6.07, 6.45) is 4.56. The zero-order valence-electron chi connectivity index (χ0n) is 16.6. The van der Waals surface area contributed by atoms with E-state index in [2.05, 4.69) is 9.88 Å². The maximum absolute atomic E-state index is 12.7. The van der Waals surface area contributed by atoms with Gasteiger partial charge in [0, 0.05) is 37.4 Å². The second kappa shape index (κ2) is 8.30. The van der Waals surface area contributed by atoms with Crippen molar-refractivity contribution in [2.45, 2.75) is 6.42 Å². The first-order valence-corrected chi connectivity index (χ1v) is 10.2. The molecule has 1 aliphatic rings. The highest BCUT2D eigenvalue weighted by Crippen LogP contribution is 2.24. The van der Waals surface area contributed by atoms with Crippen molar-refractivity contribution in [1.29, 1.82) is 0 Å². The third kappa shape index (κ3) is 3.94. The van der Waals surface area contributed by atoms with Gasteiger partial charge in [-0.1, -0.05) is 0 Å². The number of ether oxygens (including phenoxy) is 2. The number of fused-ring (bicyclic) bond motifs is 2. The Labute approximate surface area is 173 Å². The second-order valence-electron chi connectivity index (χ2n) is 7.40. The molecule has 1 saturated heterocycles. The third-order valence-electron chi connectivity index (χ3n) is 5.36. The first kappa shape index (κ1) is 18.8. The molecule has 4 heterocycles. The molecule has 0 radical (unpaired) electrons. The molecule has 7 nitrogen and oxygen atoms in total. The molecule has 0 amide bonds. The Hall–Kier alpha value is -3.16. The highest BCUT2D eigenvalue weighted by atomic mass is 16.5. The summed E-state index contributed by atoms with van der Waals surface area (Å²) in [6.45, 7) is 5.16. The average molecular weight is 405 g/mol. The van der Waals surface area contributed by atoms with Gasteiger partial charge in [0.25, 0.3) is 0 Å². The van der Waals surface area contributed by atoms with Crippen LogP contribution in [0, 0.1) is 0 Å². The molecule has 0 saturated carbocycles. The van der Waals surface area contributed by atoms with Crippen molar-refractivity contribution in [2.75, 3.05) is 39.5 Å². The van der Waals surface area contributed by atoms with Gasteiger partial charge in [-0.2, -0.15) is 0 Å². The molecule has 7 heteroatoms. The van der Waals surface area contributed by atoms with Gasteiger partial charge in [0.1, 0.15) is 17.0 Å². The van der Waals surface area contributed by atoms with Crippen LogP contribution in [0.4, 0.5) is 0 Å². The van der Waals surface area contributed by atoms with E-state index in [0.717, 1.165) is 44.8 Å². The van der Waals surface area contributed by atoms with Gasteiger partial charge in [0.15, 0.2) is 11.2 Å². The summed E-state index contributed by atoms with van der Waals surface area (Å²) in [4.78, 5) is 19.5. The molecular formula is C23H23N3O4. The van der Waals surface area contributed by atoms with E-state index in [1.165, 1.54) is 6.07 Å². The lowest BCUT2D eigenvalue weighted by atomic mass is 10.2. The van der Waals surface area contributed by atoms with Gasteiger partial charge in [-0.05, 0) is 42.8 Å². The first-order chi connectivity index (χ1) is 14.8. The Kier molecular flexibility index (Phi) is 5.21. The van der Waals surface area contributed by atoms with Crippen LogP contribution in [0.2, 0.25) is 0 Å². The van der Waals surface area contributed by atoms with E-state index < -0.39 is 0 Å². The maximum atomic E-state index is 12.7. The van der Waals surface area contributed by atoms with Crippen molar-refractivity contribution in [3.63, 3.8) is 0 Å². The fourth-order valence-corrected chi connectivity index (χ4v) is 3.73. The topological polar surface area (TPSA) is 69.2 Å². The van der Waals surface area contributed by atoms with E-state index in [4.69, 9.17) is 13.9 Å². The van der Waals surface area contributed by atoms with Crippen LogP contribution in [-0.2, 0) is 4.74 Å². The number of hydrogen-bond donors (Lipinski definition) is 0. The minimum Gasteiger partial charge on any atom is -0.494 e. The van der Waals surface area contributed by atoms with E-state index in [0.29, 0.717) is 34.8 Å². The van der Waals surface area contributed by atoms with Crippen molar-refractivity contribution in [3.8, 4) is 17.2 Å². The van der Waals surface area contributed by atoms with E-state index in [9.17, 15) is 4.79 Å².